The number of ether oxygens (including phenoxy) is 2. The summed E-state index contributed by atoms with van der Waals surface area (Å²) in [5.41, 5.74) is 2.24. The number of amidine groups is 1. The van der Waals surface area contributed by atoms with Gasteiger partial charge >= 0.3 is 0 Å². The number of benzene rings is 2. The summed E-state index contributed by atoms with van der Waals surface area (Å²) in [6.45, 7) is 2.04. The zero-order valence-electron chi connectivity index (χ0n) is 13.5. The molecule has 132 valence electrons. The number of thioether (sulfide) groups is 1. The maximum Gasteiger partial charge on any atom is 0.264 e. The molecule has 0 atom stereocenters. The van der Waals surface area contributed by atoms with E-state index >= 15 is 0 Å². The van der Waals surface area contributed by atoms with E-state index in [1.54, 1.807) is 24.3 Å². The Balaban J connectivity index is 1.63. The van der Waals surface area contributed by atoms with Gasteiger partial charge in [0, 0.05) is 11.1 Å². The van der Waals surface area contributed by atoms with Crippen LogP contribution in [0.1, 0.15) is 11.1 Å². The van der Waals surface area contributed by atoms with Crippen LogP contribution in [0.3, 0.4) is 0 Å². The molecule has 0 unspecified atom stereocenters. The van der Waals surface area contributed by atoms with E-state index in [0.29, 0.717) is 42.9 Å². The summed E-state index contributed by atoms with van der Waals surface area (Å²) in [5, 5.41) is 4.35. The molecule has 1 fully saturated rings. The number of nitrogens with one attached hydrogen (secondary N) is 1. The Bertz CT molecular complexity index is 989. The van der Waals surface area contributed by atoms with Gasteiger partial charge in [0.2, 0.25) is 6.79 Å². The number of nitrogens with zero attached hydrogens (tertiary/aromatic N) is 1. The number of carbonyl (C=O) groups is 1. The molecule has 2 aliphatic rings. The lowest BCUT2D eigenvalue weighted by atomic mass is 10.2. The number of hydrogen-bond donors (Lipinski definition) is 1. The molecule has 1 amide bonds. The second-order valence-electron chi connectivity index (χ2n) is 5.59. The fraction of sp³-hybridized carbons (Fsp3) is 0.111. The molecule has 1 N–H and O–H groups in total. The molecule has 4 rings (SSSR count). The Morgan fingerprint density at radius 3 is 2.77 bits per heavy atom. The highest BCUT2D eigenvalue weighted by Gasteiger charge is 2.25. The van der Waals surface area contributed by atoms with Crippen molar-refractivity contribution in [3.8, 4) is 11.5 Å². The third-order valence-corrected chi connectivity index (χ3v) is 5.54. The summed E-state index contributed by atoms with van der Waals surface area (Å²) in [6, 6.07) is 8.89. The number of rotatable bonds is 2. The summed E-state index contributed by atoms with van der Waals surface area (Å²) in [6.07, 6.45) is 1.71. The quantitative estimate of drug-likeness (QED) is 0.718. The molecule has 8 heteroatoms. The summed E-state index contributed by atoms with van der Waals surface area (Å²) in [7, 11) is 0. The van der Waals surface area contributed by atoms with E-state index in [9.17, 15) is 4.79 Å². The number of carbonyl (C=O) groups excluding carboxylic acids is 1. The minimum atomic E-state index is -0.234. The van der Waals surface area contributed by atoms with Gasteiger partial charge in [-0.05, 0) is 54.1 Å². The third kappa shape index (κ3) is 3.28. The van der Waals surface area contributed by atoms with Crippen molar-refractivity contribution >= 4 is 57.8 Å². The zero-order valence-corrected chi connectivity index (χ0v) is 15.8. The van der Waals surface area contributed by atoms with Gasteiger partial charge in [0.25, 0.3) is 5.91 Å². The normalized spacial score (nSPS) is 18.7. The van der Waals surface area contributed by atoms with Crippen LogP contribution >= 0.6 is 35.0 Å². The van der Waals surface area contributed by atoms with Crippen LogP contribution in [0.4, 0.5) is 5.69 Å². The number of aliphatic imine (C=N–C) groups is 1. The van der Waals surface area contributed by atoms with Crippen LogP contribution in [0.2, 0.25) is 10.0 Å². The Labute approximate surface area is 164 Å². The second-order valence-corrected chi connectivity index (χ2v) is 7.44. The van der Waals surface area contributed by atoms with Crippen molar-refractivity contribution < 1.29 is 14.3 Å². The van der Waals surface area contributed by atoms with Gasteiger partial charge in [-0.3, -0.25) is 4.79 Å². The highest BCUT2D eigenvalue weighted by molar-refractivity contribution is 8.18. The lowest BCUT2D eigenvalue weighted by molar-refractivity contribution is -0.115. The van der Waals surface area contributed by atoms with Crippen molar-refractivity contribution in [2.24, 2.45) is 4.99 Å². The fourth-order valence-electron chi connectivity index (χ4n) is 2.49. The van der Waals surface area contributed by atoms with Crippen molar-refractivity contribution in [2.75, 3.05) is 6.79 Å². The van der Waals surface area contributed by atoms with Crippen LogP contribution in [-0.4, -0.2) is 17.9 Å². The van der Waals surface area contributed by atoms with Gasteiger partial charge in [0.15, 0.2) is 16.7 Å². The average molecular weight is 407 g/mol. The van der Waals surface area contributed by atoms with E-state index in [0.717, 1.165) is 5.56 Å². The highest BCUT2D eigenvalue weighted by Crippen LogP contribution is 2.39. The maximum absolute atomic E-state index is 12.3. The van der Waals surface area contributed by atoms with E-state index in [4.69, 9.17) is 32.7 Å². The molecule has 0 saturated carbocycles. The molecule has 0 bridgehead atoms. The van der Waals surface area contributed by atoms with E-state index in [-0.39, 0.29) is 12.7 Å². The van der Waals surface area contributed by atoms with E-state index in [2.05, 4.69) is 10.3 Å². The third-order valence-electron chi connectivity index (χ3n) is 3.89. The fourth-order valence-corrected chi connectivity index (χ4v) is 3.70. The molecular weight excluding hydrogens is 395 g/mol. The van der Waals surface area contributed by atoms with Crippen molar-refractivity contribution in [2.45, 2.75) is 6.92 Å². The summed E-state index contributed by atoms with van der Waals surface area (Å²) < 4.78 is 10.6. The molecule has 1 saturated heterocycles. The predicted octanol–water partition coefficient (Wildman–Crippen LogP) is 4.92. The number of fused-ring (bicyclic) bond motifs is 1. The molecule has 5 nitrogen and oxygen atoms in total. The second kappa shape index (κ2) is 6.87. The van der Waals surface area contributed by atoms with Gasteiger partial charge in [0.1, 0.15) is 0 Å². The summed E-state index contributed by atoms with van der Waals surface area (Å²) in [5.74, 6) is 0.967. The molecule has 0 radical (unpaired) electrons. The van der Waals surface area contributed by atoms with Crippen LogP contribution < -0.4 is 14.8 Å². The first-order valence-corrected chi connectivity index (χ1v) is 9.22. The van der Waals surface area contributed by atoms with Gasteiger partial charge in [-0.15, -0.1) is 0 Å². The molecule has 0 aliphatic carbocycles. The van der Waals surface area contributed by atoms with Crippen molar-refractivity contribution in [1.82, 2.24) is 5.32 Å². The van der Waals surface area contributed by atoms with Crippen LogP contribution in [0.25, 0.3) is 6.08 Å². The van der Waals surface area contributed by atoms with Crippen LogP contribution in [0.15, 0.2) is 40.2 Å². The topological polar surface area (TPSA) is 59.9 Å². The number of amides is 1. The van der Waals surface area contributed by atoms with Gasteiger partial charge in [-0.1, -0.05) is 29.3 Å². The van der Waals surface area contributed by atoms with Crippen molar-refractivity contribution in [1.29, 1.82) is 0 Å². The largest absolute Gasteiger partial charge is 0.454 e. The lowest BCUT2D eigenvalue weighted by Crippen LogP contribution is -2.19. The predicted molar refractivity (Wildman–Crippen MR) is 105 cm³/mol. The molecule has 2 aromatic rings. The Morgan fingerprint density at radius 2 is 1.96 bits per heavy atom. The highest BCUT2D eigenvalue weighted by atomic mass is 35.5. The molecule has 2 heterocycles. The molecule has 0 spiro atoms. The minimum Gasteiger partial charge on any atom is -0.454 e. The van der Waals surface area contributed by atoms with Crippen LogP contribution in [-0.2, 0) is 4.79 Å². The van der Waals surface area contributed by atoms with Gasteiger partial charge in [-0.2, -0.15) is 0 Å². The molecule has 2 aliphatic heterocycles. The molecular formula is C18H12Cl2N2O3S. The Kier molecular flexibility index (Phi) is 4.56. The maximum atomic E-state index is 12.3. The minimum absolute atomic E-state index is 0.163. The smallest absolute Gasteiger partial charge is 0.264 e. The van der Waals surface area contributed by atoms with E-state index in [1.165, 1.54) is 11.8 Å². The first kappa shape index (κ1) is 17.3. The van der Waals surface area contributed by atoms with Crippen LogP contribution in [0.5, 0.6) is 11.5 Å². The van der Waals surface area contributed by atoms with Crippen molar-refractivity contribution in [3.63, 3.8) is 0 Å². The Hall–Kier alpha value is -2.15. The summed E-state index contributed by atoms with van der Waals surface area (Å²) >= 11 is 13.6. The SMILES string of the molecule is Cc1c(Cl)cccc1N=C1NC(=O)/C(=C\c2cc3c(cc2Cl)OCO3)S1. The van der Waals surface area contributed by atoms with Crippen LogP contribution in [0, 0.1) is 6.92 Å². The lowest BCUT2D eigenvalue weighted by Gasteiger charge is -2.03. The average Bonchev–Trinajstić information content (AvgIpc) is 3.18. The first-order chi connectivity index (χ1) is 12.5. The zero-order chi connectivity index (χ0) is 18.3. The van der Waals surface area contributed by atoms with Crippen molar-refractivity contribution in [3.05, 3.63) is 56.4 Å². The molecule has 0 aromatic heterocycles. The van der Waals surface area contributed by atoms with E-state index < -0.39 is 0 Å². The molecule has 2 aromatic carbocycles. The first-order valence-electron chi connectivity index (χ1n) is 7.65. The van der Waals surface area contributed by atoms with Gasteiger partial charge in [0.05, 0.1) is 15.6 Å². The van der Waals surface area contributed by atoms with E-state index in [1.807, 2.05) is 19.1 Å². The number of hydrogen-bond acceptors (Lipinski definition) is 5. The van der Waals surface area contributed by atoms with Gasteiger partial charge in [-0.25, -0.2) is 4.99 Å². The number of halogens is 2. The monoisotopic (exact) mass is 406 g/mol. The summed E-state index contributed by atoms with van der Waals surface area (Å²) in [4.78, 5) is 17.2. The van der Waals surface area contributed by atoms with Gasteiger partial charge < -0.3 is 14.8 Å². The Morgan fingerprint density at radius 1 is 1.19 bits per heavy atom. The standard InChI is InChI=1S/C18H12Cl2N2O3S/c1-9-11(19)3-2-4-13(9)21-18-22-17(23)16(26-18)6-10-5-14-15(7-12(10)20)25-8-24-14/h2-7H,8H2,1H3,(H,21,22,23)/b16-6+. The molecule has 26 heavy (non-hydrogen) atoms.